The van der Waals surface area contributed by atoms with Gasteiger partial charge in [0.1, 0.15) is 36.3 Å². The largest absolute Gasteiger partial charge is 0.460 e. The first kappa shape index (κ1) is 44.8. The molecule has 0 aliphatic carbocycles. The maximum absolute atomic E-state index is 14.0. The van der Waals surface area contributed by atoms with Crippen LogP contribution in [-0.2, 0) is 33.5 Å². The Morgan fingerprint density at radius 1 is 0.720 bits per heavy atom. The summed E-state index contributed by atoms with van der Waals surface area (Å²) in [5.74, 6) is -5.23. The molecular formula is C36H65N5O9. The van der Waals surface area contributed by atoms with E-state index >= 15 is 0 Å². The van der Waals surface area contributed by atoms with Crippen molar-refractivity contribution in [3.05, 3.63) is 0 Å². The van der Waals surface area contributed by atoms with Crippen LogP contribution in [0, 0.1) is 11.8 Å². The number of esters is 1. The van der Waals surface area contributed by atoms with E-state index in [0.717, 1.165) is 25.7 Å². The maximum Gasteiger partial charge on any atom is 0.328 e. The third kappa shape index (κ3) is 14.9. The number of unbranched alkanes of at least 4 members (excludes halogenated alkanes) is 7. The molecule has 50 heavy (non-hydrogen) atoms. The third-order valence-electron chi connectivity index (χ3n) is 9.17. The molecule has 1 saturated heterocycles. The summed E-state index contributed by atoms with van der Waals surface area (Å²) in [6.45, 7) is 11.3. The maximum atomic E-state index is 14.0. The lowest BCUT2D eigenvalue weighted by atomic mass is 9.94. The van der Waals surface area contributed by atoms with E-state index in [1.807, 2.05) is 20.8 Å². The van der Waals surface area contributed by atoms with Gasteiger partial charge in [0, 0.05) is 7.05 Å². The Bertz CT molecular complexity index is 1100. The highest BCUT2D eigenvalue weighted by molar-refractivity contribution is 5.96. The van der Waals surface area contributed by atoms with Gasteiger partial charge < -0.3 is 41.1 Å². The lowest BCUT2D eigenvalue weighted by Crippen LogP contribution is -2.61. The number of carbonyl (C=O) groups is 6. The number of ether oxygens (including phenoxy) is 1. The average Bonchev–Trinajstić information content (AvgIpc) is 3.06. The Hall–Kier alpha value is -3.26. The topological polar surface area (TPSA) is 203 Å². The average molecular weight is 712 g/mol. The number of nitrogens with zero attached hydrogens (tertiary/aromatic N) is 1. The number of carbonyl (C=O) groups excluding carboxylic acids is 6. The van der Waals surface area contributed by atoms with E-state index < -0.39 is 90.4 Å². The second kappa shape index (κ2) is 23.3. The molecule has 0 spiro atoms. The molecular weight excluding hydrogens is 646 g/mol. The van der Waals surface area contributed by atoms with Gasteiger partial charge in [0.05, 0.1) is 18.6 Å². The van der Waals surface area contributed by atoms with Crippen LogP contribution in [-0.4, -0.2) is 107 Å². The minimum Gasteiger partial charge on any atom is -0.460 e. The molecule has 1 fully saturated rings. The first-order valence-corrected chi connectivity index (χ1v) is 18.6. The number of hydrogen-bond donors (Lipinski definition) is 6. The summed E-state index contributed by atoms with van der Waals surface area (Å²) >= 11 is 0. The Morgan fingerprint density at radius 2 is 1.28 bits per heavy atom. The zero-order valence-corrected chi connectivity index (χ0v) is 31.6. The number of rotatable bonds is 15. The summed E-state index contributed by atoms with van der Waals surface area (Å²) in [6.07, 6.45) is 7.47. The number of likely N-dealkylation sites (N-methyl/N-ethyl adjacent to an activating group) is 1. The molecule has 0 saturated carbocycles. The van der Waals surface area contributed by atoms with Crippen LogP contribution < -0.4 is 21.3 Å². The first-order valence-electron chi connectivity index (χ1n) is 18.6. The van der Waals surface area contributed by atoms with E-state index in [2.05, 4.69) is 28.2 Å². The molecule has 0 bridgehead atoms. The number of aliphatic hydroxyl groups excluding tert-OH is 2. The zero-order chi connectivity index (χ0) is 38.0. The van der Waals surface area contributed by atoms with Crippen LogP contribution in [0.2, 0.25) is 0 Å². The molecule has 0 aromatic rings. The van der Waals surface area contributed by atoms with Crippen LogP contribution in [0.4, 0.5) is 0 Å². The van der Waals surface area contributed by atoms with Crippen LogP contribution in [0.5, 0.6) is 0 Å². The minimum absolute atomic E-state index is 0.00361. The predicted molar refractivity (Wildman–Crippen MR) is 189 cm³/mol. The molecule has 0 unspecified atom stereocenters. The van der Waals surface area contributed by atoms with Gasteiger partial charge in [0.15, 0.2) is 0 Å². The van der Waals surface area contributed by atoms with Crippen molar-refractivity contribution in [3.63, 3.8) is 0 Å². The summed E-state index contributed by atoms with van der Waals surface area (Å²) in [5.41, 5.74) is 0. The van der Waals surface area contributed by atoms with Gasteiger partial charge >= 0.3 is 5.97 Å². The summed E-state index contributed by atoms with van der Waals surface area (Å²) in [7, 11) is 1.52. The Kier molecular flexibility index (Phi) is 20.8. The van der Waals surface area contributed by atoms with Crippen molar-refractivity contribution >= 4 is 35.5 Å². The van der Waals surface area contributed by atoms with E-state index in [-0.39, 0.29) is 18.8 Å². The Labute approximate surface area is 298 Å². The van der Waals surface area contributed by atoms with Crippen molar-refractivity contribution in [2.75, 3.05) is 13.7 Å². The van der Waals surface area contributed by atoms with Crippen molar-refractivity contribution in [1.82, 2.24) is 26.2 Å². The number of amides is 5. The van der Waals surface area contributed by atoms with Crippen LogP contribution in [0.15, 0.2) is 0 Å². The molecule has 1 rings (SSSR count). The van der Waals surface area contributed by atoms with Gasteiger partial charge in [0.25, 0.3) is 0 Å². The number of cyclic esters (lactones) is 1. The standard InChI is InChI=1S/C36H65N5O9/c1-9-11-12-13-14-15-16-17-19-29-23(5)35(48)41(8)28(20-22(3)4)33(46)38-26(18-10-2)31(44)39-27(21-42)32(45)40-30(25(7)43)34(47)37-24(6)36(49)50-29/h22-30,42-43H,9-21H2,1-8H3,(H,37,47)(H,38,46)(H,39,44)(H,40,45)/t23-,24+,25+,26+,27+,28+,29-,30+/m1/s1. The second-order valence-corrected chi connectivity index (χ2v) is 14.2. The third-order valence-corrected chi connectivity index (χ3v) is 9.17. The molecule has 8 atom stereocenters. The van der Waals surface area contributed by atoms with Crippen molar-refractivity contribution in [1.29, 1.82) is 0 Å². The van der Waals surface area contributed by atoms with Crippen molar-refractivity contribution in [3.8, 4) is 0 Å². The molecule has 14 heteroatoms. The normalized spacial score (nSPS) is 27.3. The summed E-state index contributed by atoms with van der Waals surface area (Å²) in [4.78, 5) is 82.2. The van der Waals surface area contributed by atoms with Crippen LogP contribution >= 0.6 is 0 Å². The summed E-state index contributed by atoms with van der Waals surface area (Å²) < 4.78 is 5.89. The molecule has 6 N–H and O–H groups in total. The quantitative estimate of drug-likeness (QED) is 0.109. The van der Waals surface area contributed by atoms with Gasteiger partial charge in [-0.15, -0.1) is 0 Å². The van der Waals surface area contributed by atoms with E-state index in [9.17, 15) is 39.0 Å². The van der Waals surface area contributed by atoms with Crippen molar-refractivity contribution in [2.24, 2.45) is 11.8 Å². The van der Waals surface area contributed by atoms with Crippen molar-refractivity contribution in [2.45, 2.75) is 168 Å². The van der Waals surface area contributed by atoms with Gasteiger partial charge in [0.2, 0.25) is 29.5 Å². The van der Waals surface area contributed by atoms with Gasteiger partial charge in [-0.25, -0.2) is 4.79 Å². The van der Waals surface area contributed by atoms with E-state index in [0.29, 0.717) is 19.3 Å². The molecule has 1 aliphatic rings. The summed E-state index contributed by atoms with van der Waals surface area (Å²) in [5, 5.41) is 30.3. The number of aliphatic hydroxyl groups is 2. The molecule has 0 aromatic heterocycles. The lowest BCUT2D eigenvalue weighted by molar-refractivity contribution is -0.160. The molecule has 14 nitrogen and oxygen atoms in total. The van der Waals surface area contributed by atoms with Gasteiger partial charge in [-0.2, -0.15) is 0 Å². The van der Waals surface area contributed by atoms with Crippen molar-refractivity contribution < 1.29 is 43.7 Å². The lowest BCUT2D eigenvalue weighted by Gasteiger charge is -2.34. The Morgan fingerprint density at radius 3 is 1.82 bits per heavy atom. The fourth-order valence-corrected chi connectivity index (χ4v) is 5.98. The van der Waals surface area contributed by atoms with Gasteiger partial charge in [-0.3, -0.25) is 24.0 Å². The SMILES string of the molecule is CCCCCCCCCC[C@H]1OC(=O)[C@H](C)NC(=O)[C@H]([C@H](C)O)NC(=O)[C@H](CO)NC(=O)[C@H](CCC)NC(=O)[C@H](CC(C)C)N(C)C(=O)[C@@H]1C. The number of hydrogen-bond acceptors (Lipinski definition) is 9. The minimum atomic E-state index is -1.55. The fourth-order valence-electron chi connectivity index (χ4n) is 5.98. The zero-order valence-electron chi connectivity index (χ0n) is 31.6. The van der Waals surface area contributed by atoms with Gasteiger partial charge in [-0.05, 0) is 45.4 Å². The van der Waals surface area contributed by atoms with Crippen LogP contribution in [0.25, 0.3) is 0 Å². The second-order valence-electron chi connectivity index (χ2n) is 14.2. The molecule has 1 heterocycles. The molecule has 5 amide bonds. The van der Waals surface area contributed by atoms with E-state index in [1.54, 1.807) is 6.92 Å². The summed E-state index contributed by atoms with van der Waals surface area (Å²) in [6, 6.07) is -6.34. The monoisotopic (exact) mass is 711 g/mol. The van der Waals surface area contributed by atoms with E-state index in [1.165, 1.54) is 45.1 Å². The highest BCUT2D eigenvalue weighted by Crippen LogP contribution is 2.22. The smallest absolute Gasteiger partial charge is 0.328 e. The van der Waals surface area contributed by atoms with E-state index in [4.69, 9.17) is 4.74 Å². The number of nitrogens with one attached hydrogen (secondary N) is 4. The van der Waals surface area contributed by atoms with Crippen LogP contribution in [0.1, 0.15) is 126 Å². The Balaban J connectivity index is 3.52. The molecule has 288 valence electrons. The van der Waals surface area contributed by atoms with Gasteiger partial charge in [-0.1, -0.05) is 86.0 Å². The fraction of sp³-hybridized carbons (Fsp3) is 0.833. The highest BCUT2D eigenvalue weighted by atomic mass is 16.5. The first-order chi connectivity index (χ1) is 23.6. The predicted octanol–water partition coefficient (Wildman–Crippen LogP) is 2.08. The van der Waals surface area contributed by atoms with Crippen LogP contribution in [0.3, 0.4) is 0 Å². The molecule has 0 radical (unpaired) electrons. The molecule has 0 aromatic carbocycles. The molecule has 1 aliphatic heterocycles. The highest BCUT2D eigenvalue weighted by Gasteiger charge is 2.38.